The first-order chi connectivity index (χ1) is 16.2. The number of ether oxygens (including phenoxy) is 1. The van der Waals surface area contributed by atoms with E-state index in [-0.39, 0.29) is 29.1 Å². The number of nitrogens with zero attached hydrogens (tertiary/aromatic N) is 1. The predicted molar refractivity (Wildman–Crippen MR) is 130 cm³/mol. The zero-order chi connectivity index (χ0) is 24.3. The average Bonchev–Trinajstić information content (AvgIpc) is 3.50. The van der Waals surface area contributed by atoms with E-state index < -0.39 is 5.97 Å². The third kappa shape index (κ3) is 3.22. The lowest BCUT2D eigenvalue weighted by Gasteiger charge is -2.16. The van der Waals surface area contributed by atoms with Crippen LogP contribution in [0.15, 0.2) is 34.7 Å². The van der Waals surface area contributed by atoms with Crippen molar-refractivity contribution >= 4 is 61.1 Å². The summed E-state index contributed by atoms with van der Waals surface area (Å²) in [7, 11) is 1.31. The van der Waals surface area contributed by atoms with Crippen molar-refractivity contribution in [1.82, 2.24) is 4.98 Å². The summed E-state index contributed by atoms with van der Waals surface area (Å²) in [6.45, 7) is 3.55. The number of hydrogen-bond acceptors (Lipinski definition) is 6. The van der Waals surface area contributed by atoms with Crippen LogP contribution in [0, 0.1) is 6.92 Å². The van der Waals surface area contributed by atoms with E-state index in [1.165, 1.54) is 20.1 Å². The minimum Gasteiger partial charge on any atom is -0.506 e. The van der Waals surface area contributed by atoms with Crippen LogP contribution < -0.4 is 4.90 Å². The van der Waals surface area contributed by atoms with Crippen molar-refractivity contribution in [3.05, 3.63) is 58.5 Å². The molecule has 0 aliphatic carbocycles. The van der Waals surface area contributed by atoms with E-state index in [0.717, 1.165) is 5.56 Å². The molecule has 174 valence electrons. The zero-order valence-electron chi connectivity index (χ0n) is 18.7. The third-order valence-corrected chi connectivity index (χ3v) is 7.10. The monoisotopic (exact) mass is 524 g/mol. The van der Waals surface area contributed by atoms with Gasteiger partial charge in [-0.05, 0) is 43.7 Å². The number of furan rings is 1. The molecule has 34 heavy (non-hydrogen) atoms. The molecule has 1 atom stereocenters. The maximum atomic E-state index is 13.6. The summed E-state index contributed by atoms with van der Waals surface area (Å²) in [5.74, 6) is -1.06. The Hall–Kier alpha value is -3.59. The molecule has 1 aliphatic rings. The highest BCUT2D eigenvalue weighted by Gasteiger charge is 2.38. The molecule has 3 heterocycles. The summed E-state index contributed by atoms with van der Waals surface area (Å²) >= 11 is 3.54. The van der Waals surface area contributed by atoms with E-state index in [1.54, 1.807) is 36.1 Å². The summed E-state index contributed by atoms with van der Waals surface area (Å²) in [5.41, 5.74) is 3.65. The smallest absolute Gasteiger partial charge is 0.340 e. The van der Waals surface area contributed by atoms with Crippen molar-refractivity contribution in [3.63, 3.8) is 0 Å². The van der Waals surface area contributed by atoms with Crippen LogP contribution in [0.4, 0.5) is 5.69 Å². The number of hydrogen-bond donors (Lipinski definition) is 2. The summed E-state index contributed by atoms with van der Waals surface area (Å²) < 4.78 is 10.8. The number of anilines is 1. The van der Waals surface area contributed by atoms with Crippen LogP contribution in [-0.4, -0.2) is 46.7 Å². The number of halogens is 1. The lowest BCUT2D eigenvalue weighted by molar-refractivity contribution is 0.0602. The van der Waals surface area contributed by atoms with Crippen molar-refractivity contribution in [2.75, 3.05) is 23.9 Å². The lowest BCUT2D eigenvalue weighted by atomic mass is 9.96. The number of carbonyl (C=O) groups is 3. The van der Waals surface area contributed by atoms with Crippen molar-refractivity contribution in [1.29, 1.82) is 0 Å². The Morgan fingerprint density at radius 3 is 2.71 bits per heavy atom. The van der Waals surface area contributed by atoms with Crippen LogP contribution in [0.1, 0.15) is 55.4 Å². The van der Waals surface area contributed by atoms with Gasteiger partial charge in [0.2, 0.25) is 0 Å². The summed E-state index contributed by atoms with van der Waals surface area (Å²) in [6.07, 6.45) is 0. The number of phenols is 1. The topological polar surface area (TPSA) is 113 Å². The highest BCUT2D eigenvalue weighted by molar-refractivity contribution is 9.09. The number of methoxy groups -OCH3 is 1. The van der Waals surface area contributed by atoms with Gasteiger partial charge in [-0.3, -0.25) is 9.59 Å². The molecule has 2 aromatic carbocycles. The number of esters is 1. The molecular formula is C25H21BrN2O6. The number of phenolic OH excluding ortho intramolecular Hbond substituents is 1. The summed E-state index contributed by atoms with van der Waals surface area (Å²) in [4.78, 5) is 42.5. The molecule has 0 spiro atoms. The molecule has 4 aromatic rings. The van der Waals surface area contributed by atoms with E-state index >= 15 is 0 Å². The Balaban J connectivity index is 1.66. The number of ketones is 1. The number of rotatable bonds is 4. The van der Waals surface area contributed by atoms with Crippen LogP contribution in [0.5, 0.6) is 5.75 Å². The van der Waals surface area contributed by atoms with Gasteiger partial charge in [0.15, 0.2) is 11.5 Å². The van der Waals surface area contributed by atoms with E-state index in [4.69, 9.17) is 9.15 Å². The minimum absolute atomic E-state index is 0.0734. The predicted octanol–water partition coefficient (Wildman–Crippen LogP) is 5.06. The Kier molecular flexibility index (Phi) is 5.24. The van der Waals surface area contributed by atoms with Crippen molar-refractivity contribution in [2.24, 2.45) is 0 Å². The number of fused-ring (bicyclic) bond motifs is 4. The number of carbonyl (C=O) groups excluding carboxylic acids is 3. The van der Waals surface area contributed by atoms with E-state index in [9.17, 15) is 19.5 Å². The molecule has 0 unspecified atom stereocenters. The first-order valence-corrected chi connectivity index (χ1v) is 11.8. The molecule has 0 saturated carbocycles. The van der Waals surface area contributed by atoms with Crippen LogP contribution in [0.25, 0.3) is 21.9 Å². The van der Waals surface area contributed by atoms with Gasteiger partial charge in [0, 0.05) is 45.9 Å². The number of aromatic hydroxyl groups is 1. The fourth-order valence-corrected chi connectivity index (χ4v) is 5.25. The highest BCUT2D eigenvalue weighted by Crippen LogP contribution is 2.47. The number of aromatic nitrogens is 1. The molecule has 8 nitrogen and oxygen atoms in total. The van der Waals surface area contributed by atoms with E-state index in [1.807, 2.05) is 0 Å². The third-order valence-electron chi connectivity index (χ3n) is 6.32. The highest BCUT2D eigenvalue weighted by atomic mass is 79.9. The molecule has 1 aliphatic heterocycles. The molecule has 5 rings (SSSR count). The van der Waals surface area contributed by atoms with Gasteiger partial charge in [-0.2, -0.15) is 0 Å². The van der Waals surface area contributed by atoms with Gasteiger partial charge in [0.05, 0.1) is 23.9 Å². The van der Waals surface area contributed by atoms with Gasteiger partial charge in [-0.15, -0.1) is 0 Å². The normalized spacial score (nSPS) is 15.2. The first-order valence-electron chi connectivity index (χ1n) is 10.6. The molecular weight excluding hydrogens is 504 g/mol. The Morgan fingerprint density at radius 2 is 2.03 bits per heavy atom. The zero-order valence-corrected chi connectivity index (χ0v) is 20.3. The number of amides is 1. The summed E-state index contributed by atoms with van der Waals surface area (Å²) in [5, 5.41) is 12.5. The van der Waals surface area contributed by atoms with Crippen molar-refractivity contribution < 1.29 is 28.6 Å². The number of nitrogens with one attached hydrogen (secondary N) is 1. The quantitative estimate of drug-likeness (QED) is 0.219. The van der Waals surface area contributed by atoms with E-state index in [0.29, 0.717) is 56.3 Å². The van der Waals surface area contributed by atoms with Crippen LogP contribution in [-0.2, 0) is 4.74 Å². The van der Waals surface area contributed by atoms with Crippen LogP contribution in [0.2, 0.25) is 0 Å². The fourth-order valence-electron chi connectivity index (χ4n) is 4.72. The molecule has 9 heteroatoms. The van der Waals surface area contributed by atoms with Gasteiger partial charge >= 0.3 is 5.97 Å². The molecule has 0 fully saturated rings. The second-order valence-corrected chi connectivity index (χ2v) is 9.03. The molecule has 2 aromatic heterocycles. The van der Waals surface area contributed by atoms with Gasteiger partial charge in [-0.25, -0.2) is 4.79 Å². The maximum Gasteiger partial charge on any atom is 0.340 e. The standard InChI is InChI=1S/C25H21BrN2O6/c1-11-20(25(32)33-3)22-21-15(9-26)10-28(16(21)8-17(30)23(22)27-11)24(31)19-7-14-6-13(12(2)29)4-5-18(14)34-19/h4-8,15,27,30H,9-10H2,1-3H3/t15-/m1/s1. The molecule has 0 bridgehead atoms. The first kappa shape index (κ1) is 22.2. The Labute approximate surface area is 202 Å². The molecule has 2 N–H and O–H groups in total. The largest absolute Gasteiger partial charge is 0.506 e. The molecule has 1 amide bonds. The number of aryl methyl sites for hydroxylation is 1. The number of H-pyrrole nitrogens is 1. The van der Waals surface area contributed by atoms with Gasteiger partial charge in [0.1, 0.15) is 11.3 Å². The van der Waals surface area contributed by atoms with Gasteiger partial charge in [0.25, 0.3) is 5.91 Å². The number of benzene rings is 2. The van der Waals surface area contributed by atoms with Crippen LogP contribution >= 0.6 is 15.9 Å². The number of alkyl halides is 1. The minimum atomic E-state index is -0.520. The second-order valence-electron chi connectivity index (χ2n) is 8.38. The molecule has 0 radical (unpaired) electrons. The van der Waals surface area contributed by atoms with Crippen LogP contribution in [0.3, 0.4) is 0 Å². The second kappa shape index (κ2) is 8.02. The maximum absolute atomic E-state index is 13.6. The molecule has 0 saturated heterocycles. The number of Topliss-reactive ketones (excluding diaryl/α,β-unsaturated/α-hetero) is 1. The fraction of sp³-hybridized carbons (Fsp3) is 0.240. The number of aromatic amines is 1. The Morgan fingerprint density at radius 1 is 1.26 bits per heavy atom. The summed E-state index contributed by atoms with van der Waals surface area (Å²) in [6, 6.07) is 8.17. The average molecular weight is 525 g/mol. The van der Waals surface area contributed by atoms with Gasteiger partial charge < -0.3 is 24.1 Å². The Bertz CT molecular complexity index is 1520. The van der Waals surface area contributed by atoms with Gasteiger partial charge in [-0.1, -0.05) is 15.9 Å². The SMILES string of the molecule is COC(=O)c1c(C)[nH]c2c(O)cc3c(c12)[C@H](CBr)CN3C(=O)c1cc2cc(C(C)=O)ccc2o1. The van der Waals surface area contributed by atoms with E-state index in [2.05, 4.69) is 20.9 Å². The van der Waals surface area contributed by atoms with Crippen molar-refractivity contribution in [2.45, 2.75) is 19.8 Å². The lowest BCUT2D eigenvalue weighted by Crippen LogP contribution is -2.29. The van der Waals surface area contributed by atoms with Crippen molar-refractivity contribution in [3.8, 4) is 5.75 Å².